The number of ether oxygens (including phenoxy) is 6. The fraction of sp³-hybridized carbons (Fsp3) is 0.480. The molecule has 3 aliphatic rings. The molecular weight excluding hydrogens is 412 g/mol. The smallest absolute Gasteiger partial charge is 0.310 e. The predicted molar refractivity (Wildman–Crippen MR) is 116 cm³/mol. The van der Waals surface area contributed by atoms with Gasteiger partial charge in [0.05, 0.1) is 33.9 Å². The third-order valence-electron chi connectivity index (χ3n) is 7.01. The highest BCUT2D eigenvalue weighted by Crippen LogP contribution is 2.57. The van der Waals surface area contributed by atoms with Gasteiger partial charge < -0.3 is 28.4 Å². The van der Waals surface area contributed by atoms with Crippen molar-refractivity contribution in [1.82, 2.24) is 0 Å². The van der Waals surface area contributed by atoms with Crippen LogP contribution in [0.3, 0.4) is 0 Å². The van der Waals surface area contributed by atoms with E-state index in [0.717, 1.165) is 16.9 Å². The van der Waals surface area contributed by atoms with Gasteiger partial charge in [-0.15, -0.1) is 0 Å². The van der Waals surface area contributed by atoms with E-state index >= 15 is 0 Å². The Balaban J connectivity index is 1.76. The molecule has 2 aliphatic heterocycles. The Morgan fingerprint density at radius 3 is 2.06 bits per heavy atom. The monoisotopic (exact) mass is 440 g/mol. The second kappa shape index (κ2) is 7.80. The molecule has 0 spiro atoms. The fourth-order valence-electron chi connectivity index (χ4n) is 5.74. The molecule has 4 atom stereocenters. The lowest BCUT2D eigenvalue weighted by atomic mass is 9.60. The molecule has 1 saturated heterocycles. The second-order valence-electron chi connectivity index (χ2n) is 8.86. The van der Waals surface area contributed by atoms with Crippen LogP contribution in [-0.2, 0) is 9.53 Å². The van der Waals surface area contributed by atoms with Crippen LogP contribution in [0.2, 0.25) is 0 Å². The summed E-state index contributed by atoms with van der Waals surface area (Å²) in [5.74, 6) is 2.95. The number of benzene rings is 2. The van der Waals surface area contributed by atoms with E-state index < -0.39 is 0 Å². The number of fused-ring (bicyclic) bond motifs is 3. The van der Waals surface area contributed by atoms with E-state index in [-0.39, 0.29) is 36.4 Å². The number of methoxy groups -OCH3 is 3. The van der Waals surface area contributed by atoms with E-state index in [0.29, 0.717) is 35.5 Å². The van der Waals surface area contributed by atoms with E-state index in [9.17, 15) is 4.79 Å². The molecule has 32 heavy (non-hydrogen) atoms. The first kappa shape index (κ1) is 20.8. The predicted octanol–water partition coefficient (Wildman–Crippen LogP) is 4.12. The molecule has 0 unspecified atom stereocenters. The van der Waals surface area contributed by atoms with Gasteiger partial charge in [-0.3, -0.25) is 4.79 Å². The van der Waals surface area contributed by atoms with Gasteiger partial charge >= 0.3 is 5.97 Å². The minimum atomic E-state index is -0.307. The normalized spacial score (nSPS) is 25.2. The lowest BCUT2D eigenvalue weighted by molar-refractivity contribution is -0.141. The summed E-state index contributed by atoms with van der Waals surface area (Å²) in [6.45, 7) is 5.01. The van der Waals surface area contributed by atoms with Crippen molar-refractivity contribution in [2.45, 2.75) is 25.7 Å². The first-order valence-corrected chi connectivity index (χ1v) is 10.9. The second-order valence-corrected chi connectivity index (χ2v) is 8.86. The van der Waals surface area contributed by atoms with Crippen molar-refractivity contribution < 1.29 is 33.2 Å². The lowest BCUT2D eigenvalue weighted by Crippen LogP contribution is -2.36. The first-order valence-electron chi connectivity index (χ1n) is 10.9. The average Bonchev–Trinajstić information content (AvgIpc) is 3.40. The van der Waals surface area contributed by atoms with E-state index in [4.69, 9.17) is 28.4 Å². The molecule has 0 radical (unpaired) electrons. The van der Waals surface area contributed by atoms with Crippen molar-refractivity contribution in [3.63, 3.8) is 0 Å². The Kier molecular flexibility index (Phi) is 5.07. The molecule has 7 nitrogen and oxygen atoms in total. The largest absolute Gasteiger partial charge is 0.493 e. The Labute approximate surface area is 187 Å². The maximum absolute atomic E-state index is 13.1. The number of carbonyl (C=O) groups excluding carboxylic acids is 1. The van der Waals surface area contributed by atoms with Crippen LogP contribution < -0.4 is 23.7 Å². The number of hydrogen-bond donors (Lipinski definition) is 0. The van der Waals surface area contributed by atoms with Crippen molar-refractivity contribution in [2.24, 2.45) is 17.8 Å². The minimum Gasteiger partial charge on any atom is -0.493 e. The topological polar surface area (TPSA) is 72.5 Å². The molecule has 2 aromatic rings. The summed E-state index contributed by atoms with van der Waals surface area (Å²) in [5, 5.41) is 0. The summed E-state index contributed by atoms with van der Waals surface area (Å²) in [7, 11) is 4.76. The molecule has 0 aromatic heterocycles. The number of esters is 1. The highest BCUT2D eigenvalue weighted by Gasteiger charge is 2.53. The van der Waals surface area contributed by atoms with Gasteiger partial charge in [-0.1, -0.05) is 13.8 Å². The van der Waals surface area contributed by atoms with E-state index in [1.165, 1.54) is 5.56 Å². The van der Waals surface area contributed by atoms with Gasteiger partial charge in [-0.2, -0.15) is 0 Å². The van der Waals surface area contributed by atoms with Crippen LogP contribution in [0.5, 0.6) is 28.7 Å². The van der Waals surface area contributed by atoms with E-state index in [1.807, 2.05) is 18.2 Å². The quantitative estimate of drug-likeness (QED) is 0.648. The van der Waals surface area contributed by atoms with Gasteiger partial charge in [0.25, 0.3) is 0 Å². The summed E-state index contributed by atoms with van der Waals surface area (Å²) in [6, 6.07) is 7.98. The van der Waals surface area contributed by atoms with Gasteiger partial charge in [0.2, 0.25) is 12.5 Å². The maximum atomic E-state index is 13.1. The first-order chi connectivity index (χ1) is 15.5. The molecule has 0 saturated carbocycles. The highest BCUT2D eigenvalue weighted by molar-refractivity contribution is 5.79. The zero-order valence-corrected chi connectivity index (χ0v) is 19.0. The third kappa shape index (κ3) is 2.98. The zero-order chi connectivity index (χ0) is 22.6. The zero-order valence-electron chi connectivity index (χ0n) is 19.0. The Morgan fingerprint density at radius 2 is 1.50 bits per heavy atom. The standard InChI is InChI=1S/C25H28O7/c1-12(2)21-14-8-17-18(32-11-31-17)9-15(14)22(23-16(21)10-30-25(23)26)13-6-19(27-3)24(29-5)20(7-13)28-4/h6-9,12,16,21-23H,10-11H2,1-5H3/t16-,21+,22-,23-/m1/s1. The molecule has 0 amide bonds. The van der Waals surface area contributed by atoms with Crippen molar-refractivity contribution >= 4 is 5.97 Å². The molecule has 0 bridgehead atoms. The molecule has 2 aromatic carbocycles. The molecule has 1 fully saturated rings. The van der Waals surface area contributed by atoms with E-state index in [1.54, 1.807) is 21.3 Å². The summed E-state index contributed by atoms with van der Waals surface area (Å²) >= 11 is 0. The number of carbonyl (C=O) groups is 1. The van der Waals surface area contributed by atoms with Crippen LogP contribution in [0.15, 0.2) is 24.3 Å². The number of rotatable bonds is 5. The van der Waals surface area contributed by atoms with Crippen LogP contribution in [0.4, 0.5) is 0 Å². The van der Waals surface area contributed by atoms with Crippen LogP contribution in [0.25, 0.3) is 0 Å². The van der Waals surface area contributed by atoms with Crippen LogP contribution in [-0.4, -0.2) is 40.7 Å². The van der Waals surface area contributed by atoms with Gasteiger partial charge in [0.15, 0.2) is 23.0 Å². The summed E-state index contributed by atoms with van der Waals surface area (Å²) in [4.78, 5) is 13.1. The summed E-state index contributed by atoms with van der Waals surface area (Å²) in [6.07, 6.45) is 0. The number of cyclic esters (lactones) is 1. The van der Waals surface area contributed by atoms with Crippen LogP contribution in [0, 0.1) is 17.8 Å². The fourth-order valence-corrected chi connectivity index (χ4v) is 5.74. The molecule has 170 valence electrons. The van der Waals surface area contributed by atoms with Crippen molar-refractivity contribution in [3.05, 3.63) is 41.0 Å². The summed E-state index contributed by atoms with van der Waals surface area (Å²) < 4.78 is 33.7. The Bertz CT molecular complexity index is 1040. The Hall–Kier alpha value is -3.09. The van der Waals surface area contributed by atoms with Crippen molar-refractivity contribution in [1.29, 1.82) is 0 Å². The van der Waals surface area contributed by atoms with Crippen LogP contribution >= 0.6 is 0 Å². The summed E-state index contributed by atoms with van der Waals surface area (Å²) in [5.41, 5.74) is 3.15. The third-order valence-corrected chi connectivity index (χ3v) is 7.01. The van der Waals surface area contributed by atoms with Gasteiger partial charge in [-0.25, -0.2) is 0 Å². The molecule has 1 aliphatic carbocycles. The van der Waals surface area contributed by atoms with Gasteiger partial charge in [0, 0.05) is 11.8 Å². The average molecular weight is 440 g/mol. The minimum absolute atomic E-state index is 0.0689. The lowest BCUT2D eigenvalue weighted by Gasteiger charge is -2.41. The van der Waals surface area contributed by atoms with Crippen LogP contribution in [0.1, 0.15) is 42.4 Å². The number of hydrogen-bond acceptors (Lipinski definition) is 7. The van der Waals surface area contributed by atoms with Crippen molar-refractivity contribution in [3.8, 4) is 28.7 Å². The molecule has 5 rings (SSSR count). The maximum Gasteiger partial charge on any atom is 0.310 e. The van der Waals surface area contributed by atoms with Crippen molar-refractivity contribution in [2.75, 3.05) is 34.7 Å². The van der Waals surface area contributed by atoms with Gasteiger partial charge in [0.1, 0.15) is 0 Å². The molecule has 7 heteroatoms. The molecular formula is C25H28O7. The highest BCUT2D eigenvalue weighted by atomic mass is 16.7. The van der Waals surface area contributed by atoms with E-state index in [2.05, 4.69) is 19.9 Å². The van der Waals surface area contributed by atoms with Gasteiger partial charge in [-0.05, 0) is 52.8 Å². The molecule has 2 heterocycles. The molecule has 0 N–H and O–H groups in total. The Morgan fingerprint density at radius 1 is 0.875 bits per heavy atom. The SMILES string of the molecule is COc1cc([C@@H]2c3cc4c(cc3[C@H](C(C)C)[C@H]3COC(=O)[C@@H]23)OCO4)cc(OC)c1OC.